The zero-order valence-electron chi connectivity index (χ0n) is 8.42. The van der Waals surface area contributed by atoms with Crippen molar-refractivity contribution in [2.45, 2.75) is 52.6 Å². The quantitative estimate of drug-likeness (QED) is 0.590. The molecule has 0 N–H and O–H groups in total. The molecule has 0 aromatic rings. The van der Waals surface area contributed by atoms with E-state index in [0.717, 1.165) is 0 Å². The second-order valence-electron chi connectivity index (χ2n) is 3.06. The van der Waals surface area contributed by atoms with E-state index in [-0.39, 0.29) is 0 Å². The molecule has 0 amide bonds. The van der Waals surface area contributed by atoms with Gasteiger partial charge in [-0.1, -0.05) is 25.8 Å². The predicted octanol–water partition coefficient (Wildman–Crippen LogP) is 3.16. The maximum Gasteiger partial charge on any atom is 0.0174 e. The van der Waals surface area contributed by atoms with Gasteiger partial charge in [0.25, 0.3) is 0 Å². The van der Waals surface area contributed by atoms with Gasteiger partial charge < -0.3 is 0 Å². The molecular formula is C9H21NS. The van der Waals surface area contributed by atoms with Gasteiger partial charge in [0.1, 0.15) is 0 Å². The van der Waals surface area contributed by atoms with Gasteiger partial charge in [0.05, 0.1) is 0 Å². The van der Waals surface area contributed by atoms with Crippen molar-refractivity contribution in [3.63, 3.8) is 0 Å². The summed E-state index contributed by atoms with van der Waals surface area (Å²) in [4.78, 5) is 0. The van der Waals surface area contributed by atoms with Crippen LogP contribution in [0.25, 0.3) is 0 Å². The van der Waals surface area contributed by atoms with Crippen molar-refractivity contribution in [2.75, 3.05) is 6.26 Å². The molecule has 0 radical (unpaired) electrons. The van der Waals surface area contributed by atoms with E-state index < -0.39 is 0 Å². The molecule has 2 unspecified atom stereocenters. The maximum absolute atomic E-state index is 2.49. The lowest BCUT2D eigenvalue weighted by Crippen LogP contribution is -2.33. The van der Waals surface area contributed by atoms with Gasteiger partial charge >= 0.3 is 0 Å². The summed E-state index contributed by atoms with van der Waals surface area (Å²) in [7, 11) is 0. The van der Waals surface area contributed by atoms with E-state index in [0.29, 0.717) is 12.1 Å². The minimum Gasteiger partial charge on any atom is -0.245 e. The molecule has 68 valence electrons. The highest BCUT2D eigenvalue weighted by Gasteiger charge is 2.15. The van der Waals surface area contributed by atoms with Gasteiger partial charge in [0, 0.05) is 12.1 Å². The summed E-state index contributed by atoms with van der Waals surface area (Å²) < 4.78 is 2.49. The van der Waals surface area contributed by atoms with Crippen LogP contribution >= 0.6 is 11.9 Å². The molecule has 0 aliphatic rings. The van der Waals surface area contributed by atoms with E-state index in [1.54, 1.807) is 0 Å². The van der Waals surface area contributed by atoms with E-state index in [2.05, 4.69) is 38.3 Å². The first-order chi connectivity index (χ1) is 5.17. The minimum atomic E-state index is 0.708. The van der Waals surface area contributed by atoms with Crippen molar-refractivity contribution in [3.8, 4) is 0 Å². The normalized spacial score (nSPS) is 16.9. The van der Waals surface area contributed by atoms with Gasteiger partial charge in [-0.25, -0.2) is 4.31 Å². The van der Waals surface area contributed by atoms with Crippen LogP contribution in [-0.2, 0) is 0 Å². The average Bonchev–Trinajstić information content (AvgIpc) is 2.05. The number of hydrogen-bond donors (Lipinski definition) is 0. The van der Waals surface area contributed by atoms with Gasteiger partial charge in [-0.15, -0.1) is 0 Å². The van der Waals surface area contributed by atoms with Crippen molar-refractivity contribution in [1.29, 1.82) is 0 Å². The highest BCUT2D eigenvalue weighted by Crippen LogP contribution is 2.19. The molecular weight excluding hydrogens is 154 g/mol. The first kappa shape index (κ1) is 11.3. The Kier molecular flexibility index (Phi) is 6.06. The molecule has 0 bridgehead atoms. The average molecular weight is 175 g/mol. The molecule has 11 heavy (non-hydrogen) atoms. The summed E-state index contributed by atoms with van der Waals surface area (Å²) in [6, 6.07) is 1.42. The molecule has 0 aromatic carbocycles. The molecule has 0 aliphatic carbocycles. The van der Waals surface area contributed by atoms with Crippen LogP contribution in [0.1, 0.15) is 40.5 Å². The molecule has 0 heterocycles. The van der Waals surface area contributed by atoms with E-state index in [9.17, 15) is 0 Å². The smallest absolute Gasteiger partial charge is 0.0174 e. The fraction of sp³-hybridized carbons (Fsp3) is 1.00. The fourth-order valence-electron chi connectivity index (χ4n) is 1.15. The lowest BCUT2D eigenvalue weighted by molar-refractivity contribution is 0.290. The van der Waals surface area contributed by atoms with Gasteiger partial charge in [-0.3, -0.25) is 0 Å². The van der Waals surface area contributed by atoms with Crippen molar-refractivity contribution in [3.05, 3.63) is 0 Å². The van der Waals surface area contributed by atoms with Gasteiger partial charge in [-0.05, 0) is 32.9 Å². The second kappa shape index (κ2) is 5.90. The number of rotatable bonds is 5. The van der Waals surface area contributed by atoms with Crippen molar-refractivity contribution >= 4 is 11.9 Å². The molecule has 0 rings (SSSR count). The third-order valence-corrected chi connectivity index (χ3v) is 3.40. The van der Waals surface area contributed by atoms with Crippen LogP contribution in [0.5, 0.6) is 0 Å². The Balaban J connectivity index is 3.92. The molecule has 0 aliphatic heterocycles. The van der Waals surface area contributed by atoms with E-state index in [4.69, 9.17) is 0 Å². The third-order valence-electron chi connectivity index (χ3n) is 2.26. The van der Waals surface area contributed by atoms with Crippen molar-refractivity contribution in [1.82, 2.24) is 4.31 Å². The SMILES string of the molecule is CCC(C)N(SC)C(C)CC. The summed E-state index contributed by atoms with van der Waals surface area (Å²) in [6.07, 6.45) is 4.65. The van der Waals surface area contributed by atoms with Crippen molar-refractivity contribution < 1.29 is 0 Å². The maximum atomic E-state index is 2.49. The first-order valence-corrected chi connectivity index (χ1v) is 5.67. The van der Waals surface area contributed by atoms with Crippen LogP contribution in [-0.4, -0.2) is 22.6 Å². The van der Waals surface area contributed by atoms with Crippen LogP contribution in [0.15, 0.2) is 0 Å². The summed E-state index contributed by atoms with van der Waals surface area (Å²) in [6.45, 7) is 9.08. The minimum absolute atomic E-state index is 0.708. The topological polar surface area (TPSA) is 3.24 Å². The Morgan fingerprint density at radius 1 is 1.09 bits per heavy atom. The summed E-state index contributed by atoms with van der Waals surface area (Å²) in [5.41, 5.74) is 0. The molecule has 2 atom stereocenters. The van der Waals surface area contributed by atoms with Gasteiger partial charge in [0.2, 0.25) is 0 Å². The van der Waals surface area contributed by atoms with E-state index in [1.165, 1.54) is 12.8 Å². The highest BCUT2D eigenvalue weighted by molar-refractivity contribution is 7.96. The summed E-state index contributed by atoms with van der Waals surface area (Å²) >= 11 is 1.87. The number of hydrogen-bond acceptors (Lipinski definition) is 2. The summed E-state index contributed by atoms with van der Waals surface area (Å²) in [5.74, 6) is 0. The second-order valence-corrected chi connectivity index (χ2v) is 3.84. The van der Waals surface area contributed by atoms with E-state index in [1.807, 2.05) is 11.9 Å². The zero-order chi connectivity index (χ0) is 8.85. The Morgan fingerprint density at radius 3 is 1.64 bits per heavy atom. The largest absolute Gasteiger partial charge is 0.245 e. The lowest BCUT2D eigenvalue weighted by Gasteiger charge is -2.30. The van der Waals surface area contributed by atoms with Crippen LogP contribution in [0, 0.1) is 0 Å². The van der Waals surface area contributed by atoms with Crippen LogP contribution in [0.4, 0.5) is 0 Å². The molecule has 0 spiro atoms. The Morgan fingerprint density at radius 2 is 1.45 bits per heavy atom. The molecule has 2 heteroatoms. The monoisotopic (exact) mass is 175 g/mol. The van der Waals surface area contributed by atoms with Crippen LogP contribution in [0.3, 0.4) is 0 Å². The number of nitrogens with zero attached hydrogens (tertiary/aromatic N) is 1. The highest BCUT2D eigenvalue weighted by atomic mass is 32.2. The Hall–Kier alpha value is 0.310. The lowest BCUT2D eigenvalue weighted by atomic mass is 10.2. The zero-order valence-corrected chi connectivity index (χ0v) is 9.24. The molecule has 1 nitrogen and oxygen atoms in total. The molecule has 0 fully saturated rings. The standard InChI is InChI=1S/C9H21NS/c1-6-8(3)10(11-5)9(4)7-2/h8-9H,6-7H2,1-5H3. The first-order valence-electron chi connectivity index (χ1n) is 4.49. The molecule has 0 aromatic heterocycles. The molecule has 0 saturated heterocycles. The summed E-state index contributed by atoms with van der Waals surface area (Å²) in [5, 5.41) is 0. The van der Waals surface area contributed by atoms with Crippen molar-refractivity contribution in [2.24, 2.45) is 0 Å². The molecule has 0 saturated carbocycles. The van der Waals surface area contributed by atoms with Gasteiger partial charge in [-0.2, -0.15) is 0 Å². The third kappa shape index (κ3) is 3.48. The Bertz CT molecular complexity index is 85.6. The van der Waals surface area contributed by atoms with E-state index >= 15 is 0 Å². The fourth-order valence-corrected chi connectivity index (χ4v) is 2.17. The van der Waals surface area contributed by atoms with Crippen LogP contribution < -0.4 is 0 Å². The van der Waals surface area contributed by atoms with Gasteiger partial charge in [0.15, 0.2) is 0 Å². The Labute approximate surface area is 75.7 Å². The van der Waals surface area contributed by atoms with Crippen LogP contribution in [0.2, 0.25) is 0 Å². The predicted molar refractivity (Wildman–Crippen MR) is 54.9 cm³/mol.